The number of halogens is 1. The van der Waals surface area contributed by atoms with Crippen LogP contribution < -0.4 is 10.1 Å². The van der Waals surface area contributed by atoms with Gasteiger partial charge >= 0.3 is 0 Å². The molecule has 0 saturated carbocycles. The molecule has 0 saturated heterocycles. The van der Waals surface area contributed by atoms with Crippen molar-refractivity contribution in [3.05, 3.63) is 59.4 Å². The molecular formula is C18H16ClN3O2. The van der Waals surface area contributed by atoms with Gasteiger partial charge in [-0.05, 0) is 30.3 Å². The molecule has 0 unspecified atom stereocenters. The van der Waals surface area contributed by atoms with Crippen molar-refractivity contribution in [2.75, 3.05) is 11.9 Å². The van der Waals surface area contributed by atoms with E-state index in [2.05, 4.69) is 15.3 Å². The zero-order valence-corrected chi connectivity index (χ0v) is 13.9. The first-order valence-electron chi connectivity index (χ1n) is 7.59. The molecule has 1 heterocycles. The van der Waals surface area contributed by atoms with Gasteiger partial charge in [0.25, 0.3) is 5.91 Å². The van der Waals surface area contributed by atoms with Crippen molar-refractivity contribution in [3.63, 3.8) is 0 Å². The second kappa shape index (κ2) is 7.27. The average Bonchev–Trinajstić information content (AvgIpc) is 2.59. The molecule has 3 rings (SSSR count). The molecule has 0 aliphatic carbocycles. The van der Waals surface area contributed by atoms with Crippen molar-refractivity contribution < 1.29 is 9.53 Å². The van der Waals surface area contributed by atoms with Crippen LogP contribution in [0, 0.1) is 0 Å². The van der Waals surface area contributed by atoms with Crippen LogP contribution in [0.4, 0.5) is 5.69 Å². The number of rotatable bonds is 5. The molecule has 0 aliphatic heterocycles. The molecule has 0 atom stereocenters. The Bertz CT molecular complexity index is 883. The van der Waals surface area contributed by atoms with Gasteiger partial charge in [0.15, 0.2) is 6.61 Å². The van der Waals surface area contributed by atoms with Gasteiger partial charge in [-0.1, -0.05) is 36.7 Å². The van der Waals surface area contributed by atoms with E-state index < -0.39 is 0 Å². The molecule has 0 fully saturated rings. The number of nitrogens with one attached hydrogen (secondary N) is 1. The molecule has 0 radical (unpaired) electrons. The summed E-state index contributed by atoms with van der Waals surface area (Å²) in [6.07, 6.45) is 0.690. The Hall–Kier alpha value is -2.66. The molecule has 6 heteroatoms. The van der Waals surface area contributed by atoms with Gasteiger partial charge in [-0.3, -0.25) is 4.79 Å². The average molecular weight is 342 g/mol. The summed E-state index contributed by atoms with van der Waals surface area (Å²) in [6, 6.07) is 14.5. The summed E-state index contributed by atoms with van der Waals surface area (Å²) in [5.74, 6) is 0.815. The van der Waals surface area contributed by atoms with Crippen LogP contribution in [0.3, 0.4) is 0 Å². The third-order valence-electron chi connectivity index (χ3n) is 3.38. The highest BCUT2D eigenvalue weighted by Gasteiger charge is 2.10. The third-order valence-corrected chi connectivity index (χ3v) is 3.61. The maximum absolute atomic E-state index is 12.1. The Balaban J connectivity index is 1.74. The summed E-state index contributed by atoms with van der Waals surface area (Å²) < 4.78 is 5.63. The van der Waals surface area contributed by atoms with Crippen LogP contribution in [0.15, 0.2) is 48.5 Å². The van der Waals surface area contributed by atoms with Gasteiger partial charge in [0.1, 0.15) is 5.82 Å². The van der Waals surface area contributed by atoms with Crippen LogP contribution in [0.5, 0.6) is 5.88 Å². The normalized spacial score (nSPS) is 10.6. The summed E-state index contributed by atoms with van der Waals surface area (Å²) in [7, 11) is 0. The lowest BCUT2D eigenvalue weighted by Crippen LogP contribution is -2.20. The first-order valence-corrected chi connectivity index (χ1v) is 7.97. The lowest BCUT2D eigenvalue weighted by atomic mass is 10.2. The van der Waals surface area contributed by atoms with Crippen LogP contribution in [-0.4, -0.2) is 22.5 Å². The molecule has 0 aliphatic rings. The van der Waals surface area contributed by atoms with Crippen LogP contribution in [0.25, 0.3) is 10.9 Å². The highest BCUT2D eigenvalue weighted by atomic mass is 35.5. The summed E-state index contributed by atoms with van der Waals surface area (Å²) in [4.78, 5) is 20.9. The number of carbonyl (C=O) groups excluding carboxylic acids is 1. The van der Waals surface area contributed by atoms with Crippen LogP contribution in [0.2, 0.25) is 5.02 Å². The number of aromatic nitrogens is 2. The highest BCUT2D eigenvalue weighted by Crippen LogP contribution is 2.22. The second-order valence-electron chi connectivity index (χ2n) is 5.16. The van der Waals surface area contributed by atoms with Crippen molar-refractivity contribution in [1.29, 1.82) is 0 Å². The maximum Gasteiger partial charge on any atom is 0.262 e. The minimum absolute atomic E-state index is 0.142. The summed E-state index contributed by atoms with van der Waals surface area (Å²) in [5, 5.41) is 4.08. The van der Waals surface area contributed by atoms with Gasteiger partial charge in [-0.15, -0.1) is 0 Å². The van der Waals surface area contributed by atoms with Crippen LogP contribution >= 0.6 is 11.6 Å². The fraction of sp³-hybridized carbons (Fsp3) is 0.167. The number of benzene rings is 2. The maximum atomic E-state index is 12.1. The zero-order valence-electron chi connectivity index (χ0n) is 13.1. The zero-order chi connectivity index (χ0) is 16.9. The number of hydrogen-bond acceptors (Lipinski definition) is 4. The number of nitrogens with zero attached hydrogens (tertiary/aromatic N) is 2. The Labute approximate surface area is 144 Å². The number of anilines is 1. The monoisotopic (exact) mass is 341 g/mol. The number of hydrogen-bond donors (Lipinski definition) is 1. The minimum Gasteiger partial charge on any atom is -0.467 e. The lowest BCUT2D eigenvalue weighted by molar-refractivity contribution is -0.118. The van der Waals surface area contributed by atoms with Gasteiger partial charge in [-0.25, -0.2) is 4.98 Å². The van der Waals surface area contributed by atoms with Crippen molar-refractivity contribution in [2.45, 2.75) is 13.3 Å². The molecule has 3 aromatic rings. The van der Waals surface area contributed by atoms with Gasteiger partial charge in [-0.2, -0.15) is 4.98 Å². The SMILES string of the molecule is CCc1nc(OCC(=O)Nc2cccc(Cl)c2)c2ccccc2n1. The van der Waals surface area contributed by atoms with E-state index >= 15 is 0 Å². The topological polar surface area (TPSA) is 64.1 Å². The van der Waals surface area contributed by atoms with Crippen molar-refractivity contribution in [1.82, 2.24) is 9.97 Å². The molecule has 0 spiro atoms. The predicted octanol–water partition coefficient (Wildman–Crippen LogP) is 3.86. The first kappa shape index (κ1) is 16.2. The summed E-state index contributed by atoms with van der Waals surface area (Å²) in [6.45, 7) is 1.83. The highest BCUT2D eigenvalue weighted by molar-refractivity contribution is 6.30. The van der Waals surface area contributed by atoms with Crippen LogP contribution in [0.1, 0.15) is 12.7 Å². The van der Waals surface area contributed by atoms with Crippen molar-refractivity contribution in [3.8, 4) is 5.88 Å². The van der Waals surface area contributed by atoms with Gasteiger partial charge in [0, 0.05) is 17.1 Å². The number of aryl methyl sites for hydroxylation is 1. The molecule has 1 N–H and O–H groups in total. The summed E-state index contributed by atoms with van der Waals surface area (Å²) >= 11 is 5.90. The number of ether oxygens (including phenoxy) is 1. The molecule has 122 valence electrons. The Morgan fingerprint density at radius 3 is 2.79 bits per heavy atom. The van der Waals surface area contributed by atoms with Crippen LogP contribution in [-0.2, 0) is 11.2 Å². The van der Waals surface area contributed by atoms with Gasteiger partial charge < -0.3 is 10.1 Å². The van der Waals surface area contributed by atoms with Crippen molar-refractivity contribution >= 4 is 34.1 Å². The molecule has 0 bridgehead atoms. The van der Waals surface area contributed by atoms with Gasteiger partial charge in [0.2, 0.25) is 5.88 Å². The van der Waals surface area contributed by atoms with E-state index in [-0.39, 0.29) is 12.5 Å². The van der Waals surface area contributed by atoms with E-state index in [1.165, 1.54) is 0 Å². The smallest absolute Gasteiger partial charge is 0.262 e. The fourth-order valence-corrected chi connectivity index (χ4v) is 2.45. The Morgan fingerprint density at radius 2 is 2.00 bits per heavy atom. The Kier molecular flexibility index (Phi) is 4.91. The summed E-state index contributed by atoms with van der Waals surface area (Å²) in [5.41, 5.74) is 1.42. The number of amides is 1. The van der Waals surface area contributed by atoms with Crippen molar-refractivity contribution in [2.24, 2.45) is 0 Å². The third kappa shape index (κ3) is 3.81. The number of carbonyl (C=O) groups is 1. The predicted molar refractivity (Wildman–Crippen MR) is 94.5 cm³/mol. The quantitative estimate of drug-likeness (QED) is 0.765. The second-order valence-corrected chi connectivity index (χ2v) is 5.60. The molecule has 24 heavy (non-hydrogen) atoms. The number of fused-ring (bicyclic) bond motifs is 1. The van der Waals surface area contributed by atoms with E-state index in [4.69, 9.17) is 16.3 Å². The van der Waals surface area contributed by atoms with E-state index in [1.54, 1.807) is 24.3 Å². The largest absolute Gasteiger partial charge is 0.467 e. The fourth-order valence-electron chi connectivity index (χ4n) is 2.26. The van der Waals surface area contributed by atoms with E-state index in [9.17, 15) is 4.79 Å². The molecule has 1 aromatic heterocycles. The Morgan fingerprint density at radius 1 is 1.17 bits per heavy atom. The lowest BCUT2D eigenvalue weighted by Gasteiger charge is -2.10. The van der Waals surface area contributed by atoms with E-state index in [1.807, 2.05) is 31.2 Å². The van der Waals surface area contributed by atoms with E-state index in [0.29, 0.717) is 28.8 Å². The molecule has 2 aromatic carbocycles. The number of para-hydroxylation sites is 1. The standard InChI is InChI=1S/C18H16ClN3O2/c1-2-16-21-15-9-4-3-8-14(15)18(22-16)24-11-17(23)20-13-7-5-6-12(19)10-13/h3-10H,2,11H2,1H3,(H,20,23). The molecular weight excluding hydrogens is 326 g/mol. The molecule has 1 amide bonds. The minimum atomic E-state index is -0.280. The van der Waals surface area contributed by atoms with Gasteiger partial charge in [0.05, 0.1) is 10.9 Å². The molecule has 5 nitrogen and oxygen atoms in total. The first-order chi connectivity index (χ1) is 11.7. The van der Waals surface area contributed by atoms with E-state index in [0.717, 1.165) is 10.9 Å².